The topological polar surface area (TPSA) is 65.4 Å². The minimum atomic E-state index is 0. The van der Waals surface area contributed by atoms with E-state index in [1.807, 2.05) is 6.20 Å². The highest BCUT2D eigenvalue weighted by Gasteiger charge is 2.13. The van der Waals surface area contributed by atoms with Crippen molar-refractivity contribution in [2.45, 2.75) is 45.7 Å². The van der Waals surface area contributed by atoms with Gasteiger partial charge in [-0.25, -0.2) is 9.97 Å². The summed E-state index contributed by atoms with van der Waals surface area (Å²) in [6, 6.07) is 4.22. The number of hydrogen-bond donors (Lipinski definition) is 2. The van der Waals surface area contributed by atoms with E-state index in [1.54, 1.807) is 18.4 Å². The van der Waals surface area contributed by atoms with E-state index < -0.39 is 0 Å². The van der Waals surface area contributed by atoms with Crippen molar-refractivity contribution < 1.29 is 0 Å². The van der Waals surface area contributed by atoms with Crippen LogP contribution < -0.4 is 15.5 Å². The van der Waals surface area contributed by atoms with Crippen molar-refractivity contribution >= 4 is 47.1 Å². The molecule has 0 amide bonds. The minimum Gasteiger partial charge on any atom is -0.357 e. The van der Waals surface area contributed by atoms with E-state index in [0.717, 1.165) is 42.1 Å². The molecule has 3 heterocycles. The number of aliphatic imine (C=N–C) groups is 1. The molecule has 1 aliphatic heterocycles. The Hall–Kier alpha value is -1.42. The predicted octanol–water partition coefficient (Wildman–Crippen LogP) is 3.74. The lowest BCUT2D eigenvalue weighted by molar-refractivity contribution is 0.784. The maximum absolute atomic E-state index is 4.65. The van der Waals surface area contributed by atoms with Crippen molar-refractivity contribution in [3.8, 4) is 0 Å². The van der Waals surface area contributed by atoms with E-state index in [4.69, 9.17) is 0 Å². The lowest BCUT2D eigenvalue weighted by Crippen LogP contribution is -2.36. The Morgan fingerprint density at radius 1 is 1.26 bits per heavy atom. The van der Waals surface area contributed by atoms with Crippen LogP contribution in [0.3, 0.4) is 0 Å². The summed E-state index contributed by atoms with van der Waals surface area (Å²) in [5.41, 5.74) is 2.36. The molecule has 0 radical (unpaired) electrons. The van der Waals surface area contributed by atoms with Crippen LogP contribution in [0.1, 0.15) is 48.9 Å². The van der Waals surface area contributed by atoms with Crippen LogP contribution in [0.25, 0.3) is 0 Å². The second-order valence-corrected chi connectivity index (χ2v) is 7.76. The molecular formula is C19H29IN6S. The Kier molecular flexibility index (Phi) is 8.75. The smallest absolute Gasteiger partial charge is 0.191 e. The van der Waals surface area contributed by atoms with Gasteiger partial charge in [0, 0.05) is 38.3 Å². The largest absolute Gasteiger partial charge is 0.357 e. The number of hydrogen-bond acceptors (Lipinski definition) is 5. The van der Waals surface area contributed by atoms with Gasteiger partial charge >= 0.3 is 0 Å². The third-order valence-electron chi connectivity index (χ3n) is 4.49. The molecule has 148 valence electrons. The van der Waals surface area contributed by atoms with Crippen LogP contribution >= 0.6 is 35.3 Å². The van der Waals surface area contributed by atoms with Crippen LogP contribution in [0, 0.1) is 0 Å². The van der Waals surface area contributed by atoms with Crippen LogP contribution in [0.2, 0.25) is 0 Å². The molecule has 0 aromatic carbocycles. The zero-order valence-electron chi connectivity index (χ0n) is 16.2. The van der Waals surface area contributed by atoms with E-state index in [0.29, 0.717) is 12.5 Å². The number of rotatable bonds is 6. The van der Waals surface area contributed by atoms with Crippen molar-refractivity contribution in [3.05, 3.63) is 40.0 Å². The summed E-state index contributed by atoms with van der Waals surface area (Å²) in [6.45, 7) is 7.96. The van der Waals surface area contributed by atoms with E-state index in [1.165, 1.54) is 18.4 Å². The summed E-state index contributed by atoms with van der Waals surface area (Å²) in [5, 5.41) is 9.93. The van der Waals surface area contributed by atoms with E-state index >= 15 is 0 Å². The lowest BCUT2D eigenvalue weighted by Gasteiger charge is -2.17. The lowest BCUT2D eigenvalue weighted by atomic mass is 10.2. The summed E-state index contributed by atoms with van der Waals surface area (Å²) in [6.07, 6.45) is 4.41. The SMILES string of the molecule is CN=C(NCc1ccnc(N2CCCC2)c1)NCc1nc(C(C)C)cs1.I. The van der Waals surface area contributed by atoms with Crippen LogP contribution in [0.5, 0.6) is 0 Å². The number of aromatic nitrogens is 2. The van der Waals surface area contributed by atoms with Crippen molar-refractivity contribution in [2.75, 3.05) is 25.0 Å². The van der Waals surface area contributed by atoms with Crippen LogP contribution in [-0.2, 0) is 13.1 Å². The van der Waals surface area contributed by atoms with Crippen LogP contribution in [0.4, 0.5) is 5.82 Å². The molecule has 3 rings (SSSR count). The third-order valence-corrected chi connectivity index (χ3v) is 5.36. The molecule has 1 aliphatic rings. The first-order chi connectivity index (χ1) is 12.7. The molecule has 0 spiro atoms. The maximum Gasteiger partial charge on any atom is 0.191 e. The number of anilines is 1. The highest BCUT2D eigenvalue weighted by atomic mass is 127. The molecule has 0 aliphatic carbocycles. The van der Waals surface area contributed by atoms with Gasteiger partial charge in [0.2, 0.25) is 0 Å². The fourth-order valence-corrected chi connectivity index (χ4v) is 3.82. The van der Waals surface area contributed by atoms with Gasteiger partial charge in [0.1, 0.15) is 10.8 Å². The van der Waals surface area contributed by atoms with Gasteiger partial charge in [-0.3, -0.25) is 4.99 Å². The Bertz CT molecular complexity index is 739. The molecule has 1 fully saturated rings. The number of pyridine rings is 1. The van der Waals surface area contributed by atoms with E-state index in [-0.39, 0.29) is 24.0 Å². The molecule has 27 heavy (non-hydrogen) atoms. The highest BCUT2D eigenvalue weighted by Crippen LogP contribution is 2.19. The number of thiazole rings is 1. The maximum atomic E-state index is 4.65. The summed E-state index contributed by atoms with van der Waals surface area (Å²) in [4.78, 5) is 15.8. The van der Waals surface area contributed by atoms with Gasteiger partial charge < -0.3 is 15.5 Å². The molecule has 0 atom stereocenters. The van der Waals surface area contributed by atoms with Crippen molar-refractivity contribution in [1.29, 1.82) is 0 Å². The molecule has 2 N–H and O–H groups in total. The Balaban J connectivity index is 0.00000261. The number of nitrogens with one attached hydrogen (secondary N) is 2. The average Bonchev–Trinajstić information content (AvgIpc) is 3.34. The van der Waals surface area contributed by atoms with Gasteiger partial charge in [-0.05, 0) is 36.5 Å². The minimum absolute atomic E-state index is 0. The summed E-state index contributed by atoms with van der Waals surface area (Å²) in [5.74, 6) is 2.33. The molecule has 0 bridgehead atoms. The first-order valence-corrected chi connectivity index (χ1v) is 10.1. The van der Waals surface area contributed by atoms with Crippen molar-refractivity contribution in [1.82, 2.24) is 20.6 Å². The van der Waals surface area contributed by atoms with Gasteiger partial charge in [0.25, 0.3) is 0 Å². The van der Waals surface area contributed by atoms with Crippen molar-refractivity contribution in [3.63, 3.8) is 0 Å². The second kappa shape index (κ2) is 10.8. The average molecular weight is 500 g/mol. The molecule has 8 heteroatoms. The first-order valence-electron chi connectivity index (χ1n) is 9.24. The third kappa shape index (κ3) is 6.31. The molecule has 0 saturated carbocycles. The van der Waals surface area contributed by atoms with E-state index in [2.05, 4.69) is 61.9 Å². The molecule has 6 nitrogen and oxygen atoms in total. The number of nitrogens with zero attached hydrogens (tertiary/aromatic N) is 4. The monoisotopic (exact) mass is 500 g/mol. The Morgan fingerprint density at radius 3 is 2.67 bits per heavy atom. The summed E-state index contributed by atoms with van der Waals surface area (Å²) < 4.78 is 0. The fraction of sp³-hybridized carbons (Fsp3) is 0.526. The Morgan fingerprint density at radius 2 is 2.00 bits per heavy atom. The zero-order valence-corrected chi connectivity index (χ0v) is 19.4. The number of guanidine groups is 1. The quantitative estimate of drug-likeness (QED) is 0.360. The van der Waals surface area contributed by atoms with Crippen molar-refractivity contribution in [2.24, 2.45) is 4.99 Å². The van der Waals surface area contributed by atoms with Gasteiger partial charge in [-0.15, -0.1) is 35.3 Å². The summed E-state index contributed by atoms with van der Waals surface area (Å²) >= 11 is 1.69. The van der Waals surface area contributed by atoms with Gasteiger partial charge in [0.05, 0.1) is 12.2 Å². The predicted molar refractivity (Wildman–Crippen MR) is 124 cm³/mol. The Labute approximate surface area is 182 Å². The molecule has 2 aromatic rings. The molecule has 0 unspecified atom stereocenters. The van der Waals surface area contributed by atoms with Gasteiger partial charge in [0.15, 0.2) is 5.96 Å². The number of halogens is 1. The van der Waals surface area contributed by atoms with Crippen LogP contribution in [0.15, 0.2) is 28.7 Å². The summed E-state index contributed by atoms with van der Waals surface area (Å²) in [7, 11) is 1.79. The van der Waals surface area contributed by atoms with Gasteiger partial charge in [-0.1, -0.05) is 13.8 Å². The zero-order chi connectivity index (χ0) is 18.4. The van der Waals surface area contributed by atoms with E-state index in [9.17, 15) is 0 Å². The highest BCUT2D eigenvalue weighted by molar-refractivity contribution is 14.0. The molecule has 1 saturated heterocycles. The molecular weight excluding hydrogens is 471 g/mol. The van der Waals surface area contributed by atoms with Crippen LogP contribution in [-0.4, -0.2) is 36.1 Å². The first kappa shape index (κ1) is 21.9. The fourth-order valence-electron chi connectivity index (χ4n) is 2.93. The normalized spacial score (nSPS) is 14.4. The van der Waals surface area contributed by atoms with Gasteiger partial charge in [-0.2, -0.15) is 0 Å². The molecule has 2 aromatic heterocycles. The second-order valence-electron chi connectivity index (χ2n) is 6.82. The standard InChI is InChI=1S/C19H28N6S.HI/c1-14(2)16-13-26-18(24-16)12-23-19(20-3)22-11-15-6-7-21-17(10-15)25-8-4-5-9-25;/h6-7,10,13-14H,4-5,8-9,11-12H2,1-3H3,(H2,20,22,23);1H.